The lowest BCUT2D eigenvalue weighted by atomic mass is 10.2. The van der Waals surface area contributed by atoms with Crippen molar-refractivity contribution in [3.05, 3.63) is 12.2 Å². The number of hydrogen-bond acceptors (Lipinski definition) is 3. The zero-order valence-electron chi connectivity index (χ0n) is 15.5. The second-order valence-electron chi connectivity index (χ2n) is 8.93. The smallest absolute Gasteiger partial charge is 0.330 e. The van der Waals surface area contributed by atoms with Gasteiger partial charge in [0.2, 0.25) is 0 Å². The molecule has 4 nitrogen and oxygen atoms in total. The van der Waals surface area contributed by atoms with Gasteiger partial charge in [-0.1, -0.05) is 62.3 Å². The lowest BCUT2D eigenvalue weighted by Crippen LogP contribution is -2.62. The number of ether oxygens (including phenoxy) is 1. The van der Waals surface area contributed by atoms with Gasteiger partial charge in [0.05, 0.1) is 6.23 Å². The molecule has 0 atom stereocenters. The van der Waals surface area contributed by atoms with Crippen molar-refractivity contribution in [3.8, 4) is 0 Å². The molecule has 0 aromatic heterocycles. The van der Waals surface area contributed by atoms with Crippen LogP contribution >= 0.6 is 0 Å². The average Bonchev–Trinajstić information content (AvgIpc) is 2.20. The van der Waals surface area contributed by atoms with Crippen LogP contribution in [-0.4, -0.2) is 31.3 Å². The first-order valence-corrected chi connectivity index (χ1v) is 9.85. The van der Waals surface area contributed by atoms with Gasteiger partial charge in [-0.15, -0.1) is 0 Å². The number of aliphatic carboxylic acids is 1. The Balaban J connectivity index is 5.64. The monoisotopic (exact) mass is 328 g/mol. The zero-order chi connectivity index (χ0) is 18.0. The highest BCUT2D eigenvalue weighted by Crippen LogP contribution is 2.61. The van der Waals surface area contributed by atoms with Crippen LogP contribution in [0.5, 0.6) is 0 Å². The van der Waals surface area contributed by atoms with E-state index >= 15 is 0 Å². The van der Waals surface area contributed by atoms with Gasteiger partial charge < -0.3 is 9.84 Å². The van der Waals surface area contributed by atoms with Crippen LogP contribution < -0.4 is 0 Å². The van der Waals surface area contributed by atoms with E-state index in [1.807, 2.05) is 0 Å². The topological polar surface area (TPSA) is 63.6 Å². The Kier molecular flexibility index (Phi) is 6.24. The molecule has 0 unspecified atom stereocenters. The third-order valence-electron chi connectivity index (χ3n) is 4.63. The van der Waals surface area contributed by atoms with Crippen LogP contribution in [0.1, 0.15) is 62.3 Å². The van der Waals surface area contributed by atoms with Gasteiger partial charge in [-0.3, -0.25) is 0 Å². The van der Waals surface area contributed by atoms with Crippen LogP contribution in [-0.2, 0) is 14.3 Å². The number of carbonyl (C=O) groups is 2. The summed E-state index contributed by atoms with van der Waals surface area (Å²) in [6, 6.07) is 0. The van der Waals surface area contributed by atoms with E-state index in [1.165, 1.54) is 0 Å². The number of esters is 1. The molecule has 0 rings (SSSR count). The summed E-state index contributed by atoms with van der Waals surface area (Å²) in [5.74, 6) is -1.74. The highest BCUT2D eigenvalue weighted by atomic mass is 28.3. The molecule has 0 aliphatic heterocycles. The van der Waals surface area contributed by atoms with Crippen LogP contribution in [0.25, 0.3) is 0 Å². The Hall–Kier alpha value is -1.10. The van der Waals surface area contributed by atoms with E-state index < -0.39 is 20.0 Å². The Morgan fingerprint density at radius 3 is 1.50 bits per heavy atom. The van der Waals surface area contributed by atoms with Gasteiger partial charge in [0.15, 0.2) is 0 Å². The first-order chi connectivity index (χ1) is 9.56. The molecule has 0 fully saturated rings. The first-order valence-electron chi connectivity index (χ1n) is 7.64. The molecule has 0 radical (unpaired) electrons. The average molecular weight is 329 g/mol. The van der Waals surface area contributed by atoms with Gasteiger partial charge in [-0.05, 0) is 15.1 Å². The van der Waals surface area contributed by atoms with Gasteiger partial charge in [0.25, 0.3) is 0 Å². The first kappa shape index (κ1) is 20.9. The summed E-state index contributed by atoms with van der Waals surface area (Å²) in [7, 11) is -2.14. The summed E-state index contributed by atoms with van der Waals surface area (Å²) in [5, 5.41) is 8.68. The minimum Gasteiger partial charge on any atom is -0.478 e. The molecule has 0 saturated heterocycles. The lowest BCUT2D eigenvalue weighted by molar-refractivity contribution is -0.137. The predicted octanol–water partition coefficient (Wildman–Crippen LogP) is 4.56. The predicted molar refractivity (Wildman–Crippen MR) is 92.6 cm³/mol. The van der Waals surface area contributed by atoms with Crippen molar-refractivity contribution < 1.29 is 19.4 Å². The summed E-state index contributed by atoms with van der Waals surface area (Å²) in [4.78, 5) is 22.3. The molecule has 0 aliphatic rings. The van der Waals surface area contributed by atoms with E-state index in [9.17, 15) is 9.59 Å². The van der Waals surface area contributed by atoms with Crippen LogP contribution in [0.4, 0.5) is 0 Å². The third-order valence-corrected chi connectivity index (χ3v) is 12.9. The van der Waals surface area contributed by atoms with E-state index in [0.717, 1.165) is 12.2 Å². The molecule has 0 aromatic carbocycles. The maximum atomic E-state index is 11.8. The fourth-order valence-electron chi connectivity index (χ4n) is 4.39. The Morgan fingerprint density at radius 1 is 0.864 bits per heavy atom. The largest absolute Gasteiger partial charge is 0.478 e. The molecule has 0 aliphatic carbocycles. The molecule has 0 amide bonds. The van der Waals surface area contributed by atoms with Crippen molar-refractivity contribution in [1.29, 1.82) is 0 Å². The van der Waals surface area contributed by atoms with Crippen molar-refractivity contribution in [2.75, 3.05) is 6.23 Å². The van der Waals surface area contributed by atoms with Crippen molar-refractivity contribution >= 4 is 20.0 Å². The van der Waals surface area contributed by atoms with Gasteiger partial charge >= 0.3 is 11.9 Å². The highest BCUT2D eigenvalue weighted by Gasteiger charge is 2.60. The Bertz CT molecular complexity index is 409. The van der Waals surface area contributed by atoms with Crippen LogP contribution in [0.3, 0.4) is 0 Å². The molecular weight excluding hydrogens is 296 g/mol. The van der Waals surface area contributed by atoms with Crippen molar-refractivity contribution in [2.45, 2.75) is 77.4 Å². The fraction of sp³-hybridized carbons (Fsp3) is 0.765. The number of carbonyl (C=O) groups excluding carboxylic acids is 1. The molecule has 0 bridgehead atoms. The van der Waals surface area contributed by atoms with E-state index in [1.54, 1.807) is 0 Å². The summed E-state index contributed by atoms with van der Waals surface area (Å²) in [6.07, 6.45) is 2.18. The summed E-state index contributed by atoms with van der Waals surface area (Å²) in [5.41, 5.74) is 0. The maximum absolute atomic E-state index is 11.8. The molecule has 0 spiro atoms. The standard InChI is InChI=1S/C17H32O4Si/c1-15(2,3)22(16(4,5)6,17(7,8)9)12-21-14(20)11-10-13(18)19/h10-11H,12H2,1-9H3,(H,18,19)/b11-10+. The molecule has 128 valence electrons. The fourth-order valence-corrected chi connectivity index (χ4v) is 12.8. The lowest BCUT2D eigenvalue weighted by Gasteiger charge is -2.58. The second kappa shape index (κ2) is 6.57. The Morgan fingerprint density at radius 2 is 1.23 bits per heavy atom. The quantitative estimate of drug-likeness (QED) is 0.467. The van der Waals surface area contributed by atoms with Crippen molar-refractivity contribution in [2.24, 2.45) is 0 Å². The SMILES string of the molecule is CC(C)(C)[Si](COC(=O)/C=C/C(=O)O)(C(C)(C)C)C(C)(C)C. The van der Waals surface area contributed by atoms with Crippen molar-refractivity contribution in [3.63, 3.8) is 0 Å². The normalized spacial score (nSPS) is 14.2. The van der Waals surface area contributed by atoms with Crippen LogP contribution in [0.15, 0.2) is 12.2 Å². The molecule has 0 heterocycles. The van der Waals surface area contributed by atoms with Crippen molar-refractivity contribution in [1.82, 2.24) is 0 Å². The third kappa shape index (κ3) is 4.45. The van der Waals surface area contributed by atoms with Gasteiger partial charge in [-0.2, -0.15) is 0 Å². The summed E-state index contributed by atoms with van der Waals surface area (Å²) < 4.78 is 5.51. The number of carboxylic acid groups (broad SMARTS) is 1. The van der Waals surface area contributed by atoms with Gasteiger partial charge in [0.1, 0.15) is 8.07 Å². The van der Waals surface area contributed by atoms with E-state index in [-0.39, 0.29) is 15.1 Å². The molecule has 1 N–H and O–H groups in total. The molecule has 5 heteroatoms. The van der Waals surface area contributed by atoms with Crippen LogP contribution in [0.2, 0.25) is 15.1 Å². The molecule has 22 heavy (non-hydrogen) atoms. The second-order valence-corrected chi connectivity index (χ2v) is 15.5. The van der Waals surface area contributed by atoms with Gasteiger partial charge in [-0.25, -0.2) is 9.59 Å². The van der Waals surface area contributed by atoms with E-state index in [4.69, 9.17) is 9.84 Å². The minimum absolute atomic E-state index is 0.0281. The summed E-state index contributed by atoms with van der Waals surface area (Å²) >= 11 is 0. The maximum Gasteiger partial charge on any atom is 0.330 e. The summed E-state index contributed by atoms with van der Waals surface area (Å²) in [6.45, 7) is 20.0. The minimum atomic E-state index is -2.14. The number of carboxylic acids is 1. The number of rotatable bonds is 4. The Labute approximate surface area is 136 Å². The molecule has 0 aromatic rings. The number of hydrogen-bond donors (Lipinski definition) is 1. The zero-order valence-corrected chi connectivity index (χ0v) is 16.5. The van der Waals surface area contributed by atoms with Crippen LogP contribution in [0, 0.1) is 0 Å². The van der Waals surface area contributed by atoms with E-state index in [2.05, 4.69) is 62.3 Å². The molecular formula is C17H32O4Si. The highest BCUT2D eigenvalue weighted by molar-refractivity contribution is 6.87. The van der Waals surface area contributed by atoms with E-state index in [0.29, 0.717) is 6.23 Å². The molecule has 0 saturated carbocycles. The van der Waals surface area contributed by atoms with Gasteiger partial charge in [0, 0.05) is 12.2 Å².